The van der Waals surface area contributed by atoms with E-state index < -0.39 is 12.0 Å². The van der Waals surface area contributed by atoms with Gasteiger partial charge in [0.1, 0.15) is 17.4 Å². The van der Waals surface area contributed by atoms with Crippen molar-refractivity contribution in [2.45, 2.75) is 51.2 Å². The van der Waals surface area contributed by atoms with Gasteiger partial charge in [0, 0.05) is 13.1 Å². The van der Waals surface area contributed by atoms with Crippen LogP contribution in [0.2, 0.25) is 0 Å². The normalized spacial score (nSPS) is 22.4. The van der Waals surface area contributed by atoms with Crippen molar-refractivity contribution in [3.63, 3.8) is 0 Å². The molecule has 1 fully saturated rings. The molecule has 3 rings (SSSR count). The Hall–Kier alpha value is -1.55. The Kier molecular flexibility index (Phi) is 3.66. The molecule has 21 heavy (non-hydrogen) atoms. The van der Waals surface area contributed by atoms with Crippen LogP contribution in [0.1, 0.15) is 37.3 Å². The van der Waals surface area contributed by atoms with Crippen LogP contribution in [0.5, 0.6) is 5.75 Å². The molecule has 0 aliphatic carbocycles. The molecule has 1 spiro atoms. The van der Waals surface area contributed by atoms with Crippen molar-refractivity contribution in [3.8, 4) is 5.75 Å². The highest BCUT2D eigenvalue weighted by Gasteiger charge is 2.40. The number of piperidine rings is 1. The van der Waals surface area contributed by atoms with Crippen LogP contribution in [0.15, 0.2) is 18.2 Å². The van der Waals surface area contributed by atoms with Gasteiger partial charge in [-0.05, 0) is 51.2 Å². The molecule has 4 nitrogen and oxygen atoms in total. The first kappa shape index (κ1) is 14.4. The van der Waals surface area contributed by atoms with Gasteiger partial charge >= 0.3 is 5.97 Å². The topological polar surface area (TPSA) is 49.8 Å². The van der Waals surface area contributed by atoms with E-state index in [0.717, 1.165) is 44.5 Å². The first-order chi connectivity index (χ1) is 9.99. The molecule has 1 unspecified atom stereocenters. The number of fused-ring (bicyclic) bond motifs is 1. The fraction of sp³-hybridized carbons (Fsp3) is 0.588. The third-order valence-electron chi connectivity index (χ3n) is 5.01. The lowest BCUT2D eigenvalue weighted by molar-refractivity contribution is -0.144. The number of rotatable bonds is 2. The number of likely N-dealkylation sites (tertiary alicyclic amines) is 1. The van der Waals surface area contributed by atoms with Crippen molar-refractivity contribution in [2.75, 3.05) is 13.1 Å². The molecule has 0 amide bonds. The number of nitrogens with zero attached hydrogens (tertiary/aromatic N) is 1. The van der Waals surface area contributed by atoms with Crippen molar-refractivity contribution in [1.82, 2.24) is 4.90 Å². The zero-order valence-corrected chi connectivity index (χ0v) is 12.8. The van der Waals surface area contributed by atoms with Crippen LogP contribution in [-0.2, 0) is 11.2 Å². The smallest absolute Gasteiger partial charge is 0.320 e. The molecule has 4 heteroatoms. The zero-order chi connectivity index (χ0) is 15.0. The second-order valence-electron chi connectivity index (χ2n) is 6.45. The molecule has 2 heterocycles. The summed E-state index contributed by atoms with van der Waals surface area (Å²) in [5.41, 5.74) is 2.50. The maximum Gasteiger partial charge on any atom is 0.320 e. The summed E-state index contributed by atoms with van der Waals surface area (Å²) in [7, 11) is 0. The van der Waals surface area contributed by atoms with Crippen LogP contribution >= 0.6 is 0 Å². The minimum absolute atomic E-state index is 0.0863. The van der Waals surface area contributed by atoms with Crippen molar-refractivity contribution < 1.29 is 14.6 Å². The minimum Gasteiger partial charge on any atom is -0.487 e. The molecule has 1 atom stereocenters. The molecule has 0 saturated carbocycles. The molecule has 0 bridgehead atoms. The molecule has 1 saturated heterocycles. The Morgan fingerprint density at radius 3 is 2.71 bits per heavy atom. The number of hydrogen-bond acceptors (Lipinski definition) is 3. The quantitative estimate of drug-likeness (QED) is 0.909. The molecular weight excluding hydrogens is 266 g/mol. The van der Waals surface area contributed by atoms with Crippen molar-refractivity contribution >= 4 is 5.97 Å². The number of hydrogen-bond donors (Lipinski definition) is 1. The zero-order valence-electron chi connectivity index (χ0n) is 12.8. The van der Waals surface area contributed by atoms with E-state index in [9.17, 15) is 4.79 Å². The third kappa shape index (κ3) is 2.77. The Morgan fingerprint density at radius 2 is 2.05 bits per heavy atom. The average molecular weight is 289 g/mol. The first-order valence-electron chi connectivity index (χ1n) is 7.74. The molecule has 1 aromatic rings. The average Bonchev–Trinajstić information content (AvgIpc) is 2.48. The fourth-order valence-electron chi connectivity index (χ4n) is 3.48. The fourth-order valence-corrected chi connectivity index (χ4v) is 3.48. The van der Waals surface area contributed by atoms with Crippen LogP contribution in [-0.4, -0.2) is 40.7 Å². The number of aliphatic carboxylic acids is 1. The largest absolute Gasteiger partial charge is 0.487 e. The van der Waals surface area contributed by atoms with Crippen LogP contribution in [0.4, 0.5) is 0 Å². The Morgan fingerprint density at radius 1 is 1.33 bits per heavy atom. The lowest BCUT2D eigenvalue weighted by atomic mass is 9.82. The molecule has 2 aliphatic rings. The first-order valence-corrected chi connectivity index (χ1v) is 7.74. The number of aryl methyl sites for hydroxylation is 2. The monoisotopic (exact) mass is 289 g/mol. The second kappa shape index (κ2) is 5.34. The van der Waals surface area contributed by atoms with E-state index in [0.29, 0.717) is 0 Å². The number of carboxylic acids is 1. The summed E-state index contributed by atoms with van der Waals surface area (Å²) in [5, 5.41) is 9.12. The lowest BCUT2D eigenvalue weighted by Crippen LogP contribution is -2.53. The molecule has 0 radical (unpaired) electrons. The van der Waals surface area contributed by atoms with Crippen LogP contribution in [0, 0.1) is 6.92 Å². The standard InChI is InChI=1S/C17H23NO3/c1-12-3-4-15-14(11-12)5-6-17(21-15)7-9-18(10-8-17)13(2)16(19)20/h3-4,11,13H,5-10H2,1-2H3,(H,19,20). The third-order valence-corrected chi connectivity index (χ3v) is 5.01. The maximum atomic E-state index is 11.1. The summed E-state index contributed by atoms with van der Waals surface area (Å²) in [6.45, 7) is 5.47. The number of benzene rings is 1. The van der Waals surface area contributed by atoms with Crippen molar-refractivity contribution in [2.24, 2.45) is 0 Å². The number of carboxylic acid groups (broad SMARTS) is 1. The van der Waals surface area contributed by atoms with E-state index >= 15 is 0 Å². The number of ether oxygens (including phenoxy) is 1. The Labute approximate surface area is 125 Å². The SMILES string of the molecule is Cc1ccc2c(c1)CCC1(CCN(C(C)C(=O)O)CC1)O2. The van der Waals surface area contributed by atoms with E-state index in [1.807, 2.05) is 4.90 Å². The van der Waals surface area contributed by atoms with E-state index in [1.165, 1.54) is 11.1 Å². The summed E-state index contributed by atoms with van der Waals surface area (Å²) in [4.78, 5) is 13.1. The van der Waals surface area contributed by atoms with Crippen molar-refractivity contribution in [3.05, 3.63) is 29.3 Å². The predicted octanol–water partition coefficient (Wildman–Crippen LogP) is 2.63. The van der Waals surface area contributed by atoms with Gasteiger partial charge in [-0.2, -0.15) is 0 Å². The molecule has 114 valence electrons. The molecule has 1 aromatic carbocycles. The van der Waals surface area contributed by atoms with Gasteiger partial charge in [-0.3, -0.25) is 9.69 Å². The van der Waals surface area contributed by atoms with Crippen molar-refractivity contribution in [1.29, 1.82) is 0 Å². The minimum atomic E-state index is -0.740. The summed E-state index contributed by atoms with van der Waals surface area (Å²) in [5.74, 6) is 0.280. The van der Waals surface area contributed by atoms with Crippen LogP contribution in [0.25, 0.3) is 0 Å². The summed E-state index contributed by atoms with van der Waals surface area (Å²) >= 11 is 0. The molecule has 1 N–H and O–H groups in total. The number of carbonyl (C=O) groups is 1. The van der Waals surface area contributed by atoms with E-state index in [4.69, 9.17) is 9.84 Å². The van der Waals surface area contributed by atoms with Gasteiger partial charge in [0.15, 0.2) is 0 Å². The molecular formula is C17H23NO3. The van der Waals surface area contributed by atoms with Gasteiger partial charge < -0.3 is 9.84 Å². The second-order valence-corrected chi connectivity index (χ2v) is 6.45. The summed E-state index contributed by atoms with van der Waals surface area (Å²) < 4.78 is 6.33. The van der Waals surface area contributed by atoms with Gasteiger partial charge in [0.2, 0.25) is 0 Å². The van der Waals surface area contributed by atoms with Gasteiger partial charge in [0.05, 0.1) is 0 Å². The Balaban J connectivity index is 1.69. The lowest BCUT2D eigenvalue weighted by Gasteiger charge is -2.45. The maximum absolute atomic E-state index is 11.1. The summed E-state index contributed by atoms with van der Waals surface area (Å²) in [6.07, 6.45) is 3.93. The van der Waals surface area contributed by atoms with Gasteiger partial charge in [-0.1, -0.05) is 17.7 Å². The molecule has 2 aliphatic heterocycles. The van der Waals surface area contributed by atoms with E-state index in [-0.39, 0.29) is 5.60 Å². The molecule has 0 aromatic heterocycles. The van der Waals surface area contributed by atoms with Gasteiger partial charge in [0.25, 0.3) is 0 Å². The summed E-state index contributed by atoms with van der Waals surface area (Å²) in [6, 6.07) is 5.99. The highest BCUT2D eigenvalue weighted by atomic mass is 16.5. The highest BCUT2D eigenvalue weighted by Crippen LogP contribution is 2.39. The van der Waals surface area contributed by atoms with E-state index in [1.54, 1.807) is 6.92 Å². The van der Waals surface area contributed by atoms with E-state index in [2.05, 4.69) is 25.1 Å². The van der Waals surface area contributed by atoms with Crippen LogP contribution < -0.4 is 4.74 Å². The Bertz CT molecular complexity index is 547. The highest BCUT2D eigenvalue weighted by molar-refractivity contribution is 5.72. The van der Waals surface area contributed by atoms with Gasteiger partial charge in [-0.25, -0.2) is 0 Å². The van der Waals surface area contributed by atoms with Gasteiger partial charge in [-0.15, -0.1) is 0 Å². The van der Waals surface area contributed by atoms with Crippen LogP contribution in [0.3, 0.4) is 0 Å². The predicted molar refractivity (Wildman–Crippen MR) is 80.8 cm³/mol.